The number of aromatic nitrogens is 1. The molecule has 0 aliphatic heterocycles. The van der Waals surface area contributed by atoms with Gasteiger partial charge in [-0.2, -0.15) is 0 Å². The average Bonchev–Trinajstić information content (AvgIpc) is 2.41. The van der Waals surface area contributed by atoms with E-state index in [4.69, 9.17) is 0 Å². The van der Waals surface area contributed by atoms with E-state index in [1.165, 1.54) is 13.8 Å². The van der Waals surface area contributed by atoms with Gasteiger partial charge in [-0.25, -0.2) is 4.98 Å². The molecule has 0 unspecified atom stereocenters. The van der Waals surface area contributed by atoms with Crippen LogP contribution in [0.2, 0.25) is 0 Å². The molecule has 1 aromatic heterocycles. The van der Waals surface area contributed by atoms with Crippen molar-refractivity contribution in [3.05, 3.63) is 48.2 Å². The third-order valence-corrected chi connectivity index (χ3v) is 2.63. The maximum atomic E-state index is 11.3. The molecular formula is C15H15N3O2. The van der Waals surface area contributed by atoms with E-state index in [0.717, 1.165) is 5.69 Å². The minimum Gasteiger partial charge on any atom is -0.340 e. The van der Waals surface area contributed by atoms with Gasteiger partial charge in [-0.3, -0.25) is 9.59 Å². The van der Waals surface area contributed by atoms with Crippen LogP contribution in [0.3, 0.4) is 0 Å². The van der Waals surface area contributed by atoms with Crippen LogP contribution >= 0.6 is 0 Å². The third-order valence-electron chi connectivity index (χ3n) is 2.63. The van der Waals surface area contributed by atoms with Gasteiger partial charge in [0, 0.05) is 18.2 Å². The molecule has 5 heteroatoms. The van der Waals surface area contributed by atoms with Gasteiger partial charge in [0.25, 0.3) is 0 Å². The van der Waals surface area contributed by atoms with Crippen LogP contribution in [-0.2, 0) is 4.79 Å². The Morgan fingerprint density at radius 2 is 1.85 bits per heavy atom. The van der Waals surface area contributed by atoms with Crippen LogP contribution in [0.5, 0.6) is 0 Å². The fraction of sp³-hybridized carbons (Fsp3) is 0.133. The SMILES string of the molecule is CC(=O)Nc1ccc(Nc2cccc(C(C)=O)c2)nc1. The number of hydrogen-bond donors (Lipinski definition) is 2. The summed E-state index contributed by atoms with van der Waals surface area (Å²) in [5.74, 6) is 0.518. The monoisotopic (exact) mass is 269 g/mol. The number of benzene rings is 1. The van der Waals surface area contributed by atoms with Gasteiger partial charge < -0.3 is 10.6 Å². The molecule has 0 aliphatic carbocycles. The summed E-state index contributed by atoms with van der Waals surface area (Å²) in [5.41, 5.74) is 2.07. The van der Waals surface area contributed by atoms with Crippen molar-refractivity contribution in [1.82, 2.24) is 4.98 Å². The second-order valence-electron chi connectivity index (χ2n) is 4.38. The van der Waals surface area contributed by atoms with Crippen LogP contribution in [-0.4, -0.2) is 16.7 Å². The first kappa shape index (κ1) is 13.7. The number of nitrogens with one attached hydrogen (secondary N) is 2. The molecule has 0 radical (unpaired) electrons. The summed E-state index contributed by atoms with van der Waals surface area (Å²) in [7, 11) is 0. The van der Waals surface area contributed by atoms with Gasteiger partial charge in [0.15, 0.2) is 5.78 Å². The Balaban J connectivity index is 2.11. The van der Waals surface area contributed by atoms with Gasteiger partial charge in [0.05, 0.1) is 11.9 Å². The molecule has 0 atom stereocenters. The van der Waals surface area contributed by atoms with Crippen LogP contribution in [0, 0.1) is 0 Å². The van der Waals surface area contributed by atoms with E-state index < -0.39 is 0 Å². The molecule has 0 spiro atoms. The first-order valence-electron chi connectivity index (χ1n) is 6.16. The molecule has 1 amide bonds. The molecule has 0 saturated heterocycles. The van der Waals surface area contributed by atoms with Gasteiger partial charge in [-0.15, -0.1) is 0 Å². The molecular weight excluding hydrogens is 254 g/mol. The van der Waals surface area contributed by atoms with E-state index in [2.05, 4.69) is 15.6 Å². The van der Waals surface area contributed by atoms with Crippen molar-refractivity contribution in [2.75, 3.05) is 10.6 Å². The number of ketones is 1. The highest BCUT2D eigenvalue weighted by molar-refractivity contribution is 5.95. The largest absolute Gasteiger partial charge is 0.340 e. The summed E-state index contributed by atoms with van der Waals surface area (Å²) >= 11 is 0. The summed E-state index contributed by atoms with van der Waals surface area (Å²) in [6, 6.07) is 10.7. The van der Waals surface area contributed by atoms with Crippen molar-refractivity contribution in [2.45, 2.75) is 13.8 Å². The lowest BCUT2D eigenvalue weighted by Gasteiger charge is -2.07. The van der Waals surface area contributed by atoms with Gasteiger partial charge in [-0.1, -0.05) is 12.1 Å². The van der Waals surface area contributed by atoms with Gasteiger partial charge in [0.1, 0.15) is 5.82 Å². The van der Waals surface area contributed by atoms with Gasteiger partial charge in [0.2, 0.25) is 5.91 Å². The van der Waals surface area contributed by atoms with E-state index in [0.29, 0.717) is 17.1 Å². The highest BCUT2D eigenvalue weighted by atomic mass is 16.1. The topological polar surface area (TPSA) is 71.1 Å². The quantitative estimate of drug-likeness (QED) is 0.837. The fourth-order valence-electron chi connectivity index (χ4n) is 1.71. The molecule has 20 heavy (non-hydrogen) atoms. The van der Waals surface area contributed by atoms with Crippen molar-refractivity contribution in [2.24, 2.45) is 0 Å². The van der Waals surface area contributed by atoms with Crippen molar-refractivity contribution in [1.29, 1.82) is 0 Å². The van der Waals surface area contributed by atoms with Crippen molar-refractivity contribution in [3.8, 4) is 0 Å². The number of amides is 1. The summed E-state index contributed by atoms with van der Waals surface area (Å²) in [5, 5.41) is 5.75. The molecule has 102 valence electrons. The van der Waals surface area contributed by atoms with E-state index in [1.807, 2.05) is 12.1 Å². The second kappa shape index (κ2) is 5.97. The predicted molar refractivity (Wildman–Crippen MR) is 78.3 cm³/mol. The van der Waals surface area contributed by atoms with E-state index >= 15 is 0 Å². The zero-order chi connectivity index (χ0) is 14.5. The molecule has 2 rings (SSSR count). The van der Waals surface area contributed by atoms with E-state index in [-0.39, 0.29) is 11.7 Å². The Hall–Kier alpha value is -2.69. The van der Waals surface area contributed by atoms with Crippen molar-refractivity contribution < 1.29 is 9.59 Å². The Kier molecular flexibility index (Phi) is 4.10. The van der Waals surface area contributed by atoms with E-state index in [1.54, 1.807) is 30.5 Å². The smallest absolute Gasteiger partial charge is 0.221 e. The van der Waals surface area contributed by atoms with Crippen molar-refractivity contribution >= 4 is 28.9 Å². The summed E-state index contributed by atoms with van der Waals surface area (Å²) in [6.07, 6.45) is 1.57. The zero-order valence-electron chi connectivity index (χ0n) is 11.3. The first-order chi connectivity index (χ1) is 9.54. The minimum absolute atomic E-state index is 0.0163. The number of nitrogens with zero attached hydrogens (tertiary/aromatic N) is 1. The Morgan fingerprint density at radius 1 is 1.05 bits per heavy atom. The number of Topliss-reactive ketones (excluding diaryl/α,β-unsaturated/α-hetero) is 1. The number of carbonyl (C=O) groups excluding carboxylic acids is 2. The highest BCUT2D eigenvalue weighted by Crippen LogP contribution is 2.17. The lowest BCUT2D eigenvalue weighted by atomic mass is 10.1. The number of carbonyl (C=O) groups is 2. The predicted octanol–water partition coefficient (Wildman–Crippen LogP) is 2.99. The van der Waals surface area contributed by atoms with Crippen LogP contribution < -0.4 is 10.6 Å². The van der Waals surface area contributed by atoms with Crippen LogP contribution in [0.1, 0.15) is 24.2 Å². The van der Waals surface area contributed by atoms with Crippen LogP contribution in [0.4, 0.5) is 17.2 Å². The minimum atomic E-state index is -0.137. The highest BCUT2D eigenvalue weighted by Gasteiger charge is 2.02. The number of rotatable bonds is 4. The molecule has 1 aromatic carbocycles. The molecule has 0 fully saturated rings. The molecule has 2 aromatic rings. The summed E-state index contributed by atoms with van der Waals surface area (Å²) in [4.78, 5) is 26.4. The molecule has 1 heterocycles. The standard InChI is InChI=1S/C15H15N3O2/c1-10(19)12-4-3-5-13(8-12)18-15-7-6-14(9-16-15)17-11(2)20/h3-9H,1-2H3,(H,16,18)(H,17,20). The fourth-order valence-corrected chi connectivity index (χ4v) is 1.71. The summed E-state index contributed by atoms with van der Waals surface area (Å²) < 4.78 is 0. The van der Waals surface area contributed by atoms with Gasteiger partial charge >= 0.3 is 0 Å². The molecule has 0 aliphatic rings. The lowest BCUT2D eigenvalue weighted by molar-refractivity contribution is -0.114. The molecule has 0 saturated carbocycles. The number of pyridine rings is 1. The van der Waals surface area contributed by atoms with Gasteiger partial charge in [-0.05, 0) is 31.2 Å². The van der Waals surface area contributed by atoms with Crippen LogP contribution in [0.15, 0.2) is 42.6 Å². The second-order valence-corrected chi connectivity index (χ2v) is 4.38. The zero-order valence-corrected chi connectivity index (χ0v) is 11.3. The van der Waals surface area contributed by atoms with Crippen LogP contribution in [0.25, 0.3) is 0 Å². The lowest BCUT2D eigenvalue weighted by Crippen LogP contribution is -2.06. The normalized spacial score (nSPS) is 9.90. The Bertz CT molecular complexity index is 636. The Morgan fingerprint density at radius 3 is 2.45 bits per heavy atom. The maximum Gasteiger partial charge on any atom is 0.221 e. The molecule has 5 nitrogen and oxygen atoms in total. The number of hydrogen-bond acceptors (Lipinski definition) is 4. The summed E-state index contributed by atoms with van der Waals surface area (Å²) in [6.45, 7) is 2.97. The average molecular weight is 269 g/mol. The number of anilines is 3. The van der Waals surface area contributed by atoms with Crippen molar-refractivity contribution in [3.63, 3.8) is 0 Å². The van der Waals surface area contributed by atoms with E-state index in [9.17, 15) is 9.59 Å². The maximum absolute atomic E-state index is 11.3. The molecule has 2 N–H and O–H groups in total. The third kappa shape index (κ3) is 3.65. The Labute approximate surface area is 117 Å². The first-order valence-corrected chi connectivity index (χ1v) is 6.16. The molecule has 0 bridgehead atoms.